The molecule has 0 aliphatic heterocycles. The van der Waals surface area contributed by atoms with Crippen molar-refractivity contribution in [3.8, 4) is 0 Å². The van der Waals surface area contributed by atoms with Gasteiger partial charge in [0.15, 0.2) is 0 Å². The average molecular weight is 267 g/mol. The van der Waals surface area contributed by atoms with Crippen molar-refractivity contribution in [1.29, 1.82) is 0 Å². The van der Waals surface area contributed by atoms with E-state index in [0.29, 0.717) is 5.56 Å². The summed E-state index contributed by atoms with van der Waals surface area (Å²) in [5, 5.41) is 11.5. The molecular formula is C13H17NO5. The summed E-state index contributed by atoms with van der Waals surface area (Å²) in [7, 11) is 3.05. The fraction of sp³-hybridized carbons (Fsp3) is 0.385. The van der Waals surface area contributed by atoms with E-state index in [-0.39, 0.29) is 13.2 Å². The van der Waals surface area contributed by atoms with E-state index in [9.17, 15) is 9.59 Å². The molecule has 0 aliphatic rings. The SMILES string of the molecule is CNc1cc(C(=O)OC)cc(COCC(=O)O)c1C. The Morgan fingerprint density at radius 1 is 1.37 bits per heavy atom. The van der Waals surface area contributed by atoms with Gasteiger partial charge in [0.05, 0.1) is 19.3 Å². The number of anilines is 1. The van der Waals surface area contributed by atoms with Crippen LogP contribution >= 0.6 is 0 Å². The largest absolute Gasteiger partial charge is 0.480 e. The van der Waals surface area contributed by atoms with Gasteiger partial charge in [-0.2, -0.15) is 0 Å². The third-order valence-electron chi connectivity index (χ3n) is 2.69. The van der Waals surface area contributed by atoms with Crippen LogP contribution in [0.25, 0.3) is 0 Å². The summed E-state index contributed by atoms with van der Waals surface area (Å²) in [6.45, 7) is 1.61. The molecule has 0 bridgehead atoms. The summed E-state index contributed by atoms with van der Waals surface area (Å²) >= 11 is 0. The molecule has 0 spiro atoms. The molecule has 6 nitrogen and oxygen atoms in total. The van der Waals surface area contributed by atoms with Crippen molar-refractivity contribution >= 4 is 17.6 Å². The average Bonchev–Trinajstić information content (AvgIpc) is 2.39. The van der Waals surface area contributed by atoms with Crippen molar-refractivity contribution in [2.45, 2.75) is 13.5 Å². The minimum Gasteiger partial charge on any atom is -0.480 e. The van der Waals surface area contributed by atoms with Crippen LogP contribution < -0.4 is 5.32 Å². The molecule has 2 N–H and O–H groups in total. The number of carbonyl (C=O) groups is 2. The number of rotatable bonds is 6. The van der Waals surface area contributed by atoms with Gasteiger partial charge in [-0.1, -0.05) is 0 Å². The van der Waals surface area contributed by atoms with Gasteiger partial charge in [-0.05, 0) is 30.2 Å². The Morgan fingerprint density at radius 2 is 2.05 bits per heavy atom. The molecule has 0 saturated carbocycles. The van der Waals surface area contributed by atoms with Crippen LogP contribution in [0.5, 0.6) is 0 Å². The Balaban J connectivity index is 3.00. The molecule has 0 heterocycles. The van der Waals surface area contributed by atoms with Gasteiger partial charge in [-0.3, -0.25) is 0 Å². The Kier molecular flexibility index (Phi) is 5.32. The predicted octanol–water partition coefficient (Wildman–Crippen LogP) is 1.42. The van der Waals surface area contributed by atoms with Gasteiger partial charge in [0.2, 0.25) is 0 Å². The van der Waals surface area contributed by atoms with Crippen LogP contribution in [0.2, 0.25) is 0 Å². The number of nitrogens with one attached hydrogen (secondary N) is 1. The quantitative estimate of drug-likeness (QED) is 0.758. The zero-order valence-electron chi connectivity index (χ0n) is 11.1. The molecule has 0 radical (unpaired) electrons. The number of hydrogen-bond acceptors (Lipinski definition) is 5. The van der Waals surface area contributed by atoms with Crippen molar-refractivity contribution in [1.82, 2.24) is 0 Å². The zero-order chi connectivity index (χ0) is 14.4. The van der Waals surface area contributed by atoms with Crippen LogP contribution in [0.1, 0.15) is 21.5 Å². The summed E-state index contributed by atoms with van der Waals surface area (Å²) in [5.74, 6) is -1.48. The highest BCUT2D eigenvalue weighted by Gasteiger charge is 2.12. The lowest BCUT2D eigenvalue weighted by atomic mass is 10.0. The maximum Gasteiger partial charge on any atom is 0.337 e. The van der Waals surface area contributed by atoms with Crippen LogP contribution in [-0.2, 0) is 20.9 Å². The standard InChI is InChI=1S/C13H17NO5/c1-8-10(6-19-7-12(15)16)4-9(13(17)18-3)5-11(8)14-2/h4-5,14H,6-7H2,1-3H3,(H,15,16). The first-order chi connectivity index (χ1) is 8.99. The van der Waals surface area contributed by atoms with Crippen LogP contribution in [-0.4, -0.2) is 37.8 Å². The second-order valence-corrected chi connectivity index (χ2v) is 3.94. The molecule has 0 aliphatic carbocycles. The lowest BCUT2D eigenvalue weighted by Gasteiger charge is -2.13. The van der Waals surface area contributed by atoms with Gasteiger partial charge in [0, 0.05) is 12.7 Å². The lowest BCUT2D eigenvalue weighted by molar-refractivity contribution is -0.142. The number of benzene rings is 1. The third-order valence-corrected chi connectivity index (χ3v) is 2.69. The molecule has 1 aromatic rings. The van der Waals surface area contributed by atoms with E-state index in [1.165, 1.54) is 7.11 Å². The number of carboxylic acids is 1. The van der Waals surface area contributed by atoms with Crippen molar-refractivity contribution < 1.29 is 24.2 Å². The number of hydrogen-bond donors (Lipinski definition) is 2. The van der Waals surface area contributed by atoms with E-state index in [1.807, 2.05) is 6.92 Å². The predicted molar refractivity (Wildman–Crippen MR) is 69.4 cm³/mol. The second kappa shape index (κ2) is 6.75. The number of esters is 1. The van der Waals surface area contributed by atoms with Crippen LogP contribution in [0.3, 0.4) is 0 Å². The van der Waals surface area contributed by atoms with E-state index < -0.39 is 11.9 Å². The number of ether oxygens (including phenoxy) is 2. The Morgan fingerprint density at radius 3 is 2.58 bits per heavy atom. The van der Waals surface area contributed by atoms with Gasteiger partial charge in [0.1, 0.15) is 6.61 Å². The normalized spacial score (nSPS) is 10.1. The molecule has 0 aromatic heterocycles. The smallest absolute Gasteiger partial charge is 0.337 e. The van der Waals surface area contributed by atoms with E-state index in [4.69, 9.17) is 9.84 Å². The highest BCUT2D eigenvalue weighted by molar-refractivity contribution is 5.91. The van der Waals surface area contributed by atoms with Gasteiger partial charge in [0.25, 0.3) is 0 Å². The maximum atomic E-state index is 11.5. The molecule has 0 fully saturated rings. The van der Waals surface area contributed by atoms with Crippen molar-refractivity contribution in [2.24, 2.45) is 0 Å². The summed E-state index contributed by atoms with van der Waals surface area (Å²) in [4.78, 5) is 21.9. The van der Waals surface area contributed by atoms with Crippen LogP contribution in [0, 0.1) is 6.92 Å². The summed E-state index contributed by atoms with van der Waals surface area (Å²) < 4.78 is 9.72. The maximum absolute atomic E-state index is 11.5. The van der Waals surface area contributed by atoms with Gasteiger partial charge >= 0.3 is 11.9 Å². The second-order valence-electron chi connectivity index (χ2n) is 3.94. The number of carboxylic acid groups (broad SMARTS) is 1. The number of carbonyl (C=O) groups excluding carboxylic acids is 1. The Hall–Kier alpha value is -2.08. The van der Waals surface area contributed by atoms with E-state index in [2.05, 4.69) is 10.1 Å². The van der Waals surface area contributed by atoms with E-state index in [0.717, 1.165) is 16.8 Å². The highest BCUT2D eigenvalue weighted by Crippen LogP contribution is 2.22. The van der Waals surface area contributed by atoms with E-state index in [1.54, 1.807) is 19.2 Å². The van der Waals surface area contributed by atoms with E-state index >= 15 is 0 Å². The van der Waals surface area contributed by atoms with Crippen molar-refractivity contribution in [3.05, 3.63) is 28.8 Å². The summed E-state index contributed by atoms with van der Waals surface area (Å²) in [6.07, 6.45) is 0. The van der Waals surface area contributed by atoms with Gasteiger partial charge in [-0.25, -0.2) is 9.59 Å². The highest BCUT2D eigenvalue weighted by atomic mass is 16.5. The lowest BCUT2D eigenvalue weighted by Crippen LogP contribution is -2.10. The molecular weight excluding hydrogens is 250 g/mol. The number of methoxy groups -OCH3 is 1. The van der Waals surface area contributed by atoms with Crippen molar-refractivity contribution in [2.75, 3.05) is 26.1 Å². The van der Waals surface area contributed by atoms with Gasteiger partial charge < -0.3 is 19.9 Å². The van der Waals surface area contributed by atoms with Crippen LogP contribution in [0.15, 0.2) is 12.1 Å². The monoisotopic (exact) mass is 267 g/mol. The molecule has 6 heteroatoms. The molecule has 19 heavy (non-hydrogen) atoms. The Bertz CT molecular complexity index is 484. The minimum atomic E-state index is -1.03. The first kappa shape index (κ1) is 15.0. The fourth-order valence-corrected chi connectivity index (χ4v) is 1.67. The minimum absolute atomic E-state index is 0.123. The third kappa shape index (κ3) is 3.96. The van der Waals surface area contributed by atoms with Crippen molar-refractivity contribution in [3.63, 3.8) is 0 Å². The molecule has 0 atom stereocenters. The zero-order valence-corrected chi connectivity index (χ0v) is 11.1. The topological polar surface area (TPSA) is 84.9 Å². The number of aliphatic carboxylic acids is 1. The molecule has 0 saturated heterocycles. The van der Waals surface area contributed by atoms with Crippen LogP contribution in [0.4, 0.5) is 5.69 Å². The van der Waals surface area contributed by atoms with Gasteiger partial charge in [-0.15, -0.1) is 0 Å². The summed E-state index contributed by atoms with van der Waals surface area (Å²) in [5.41, 5.74) is 2.82. The fourth-order valence-electron chi connectivity index (χ4n) is 1.67. The molecule has 0 unspecified atom stereocenters. The molecule has 104 valence electrons. The summed E-state index contributed by atoms with van der Waals surface area (Å²) in [6, 6.07) is 3.33. The first-order valence-corrected chi connectivity index (χ1v) is 5.68. The molecule has 1 aromatic carbocycles. The molecule has 1 rings (SSSR count). The Labute approximate surface area is 111 Å². The molecule has 0 amide bonds. The first-order valence-electron chi connectivity index (χ1n) is 5.68.